The summed E-state index contributed by atoms with van der Waals surface area (Å²) in [5, 5.41) is 3.35. The Hall–Kier alpha value is -1.51. The molecule has 3 nitrogen and oxygen atoms in total. The first-order chi connectivity index (χ1) is 7.72. The molecule has 16 heavy (non-hydrogen) atoms. The monoisotopic (exact) mass is 219 g/mol. The molecule has 0 aliphatic carbocycles. The molecule has 2 atom stereocenters. The van der Waals surface area contributed by atoms with Crippen LogP contribution in [0.4, 0.5) is 5.69 Å². The van der Waals surface area contributed by atoms with Crippen LogP contribution in [-0.4, -0.2) is 18.6 Å². The van der Waals surface area contributed by atoms with Gasteiger partial charge in [-0.25, -0.2) is 0 Å². The van der Waals surface area contributed by atoms with Crippen molar-refractivity contribution in [3.8, 4) is 0 Å². The Labute approximate surface area is 95.8 Å². The predicted octanol–water partition coefficient (Wildman–Crippen LogP) is 2.22. The Morgan fingerprint density at radius 2 is 2.25 bits per heavy atom. The number of rotatable bonds is 2. The first kappa shape index (κ1) is 11.0. The van der Waals surface area contributed by atoms with Crippen molar-refractivity contribution in [2.75, 3.05) is 11.9 Å². The zero-order valence-electron chi connectivity index (χ0n) is 9.69. The lowest BCUT2D eigenvalue weighted by Crippen LogP contribution is -2.38. The summed E-state index contributed by atoms with van der Waals surface area (Å²) in [6.45, 7) is 4.31. The molecule has 0 unspecified atom stereocenters. The molecule has 1 aliphatic heterocycles. The third-order valence-electron chi connectivity index (χ3n) is 3.03. The lowest BCUT2D eigenvalue weighted by Gasteiger charge is -2.30. The van der Waals surface area contributed by atoms with Crippen LogP contribution in [0.15, 0.2) is 24.3 Å². The number of hydrogen-bond acceptors (Lipinski definition) is 3. The molecule has 1 aromatic carbocycles. The maximum absolute atomic E-state index is 11.8. The number of ether oxygens (including phenoxy) is 1. The average molecular weight is 219 g/mol. The first-order valence-electron chi connectivity index (χ1n) is 5.73. The largest absolute Gasteiger partial charge is 0.466 e. The molecule has 0 bridgehead atoms. The van der Waals surface area contributed by atoms with E-state index in [9.17, 15) is 4.79 Å². The SMILES string of the molecule is CCOC(=O)[C@@H]1Cc2ccccc2N[C@@H]1C. The normalized spacial score (nSPS) is 23.1. The molecule has 0 radical (unpaired) electrons. The molecule has 0 aromatic heterocycles. The zero-order chi connectivity index (χ0) is 11.5. The Balaban J connectivity index is 2.18. The molecule has 1 heterocycles. The second-order valence-electron chi connectivity index (χ2n) is 4.15. The van der Waals surface area contributed by atoms with Gasteiger partial charge in [-0.2, -0.15) is 0 Å². The third kappa shape index (κ3) is 2.03. The Kier molecular flexibility index (Phi) is 3.13. The highest BCUT2D eigenvalue weighted by Gasteiger charge is 2.31. The predicted molar refractivity (Wildman–Crippen MR) is 63.4 cm³/mol. The van der Waals surface area contributed by atoms with Crippen LogP contribution < -0.4 is 5.32 Å². The fourth-order valence-electron chi connectivity index (χ4n) is 2.14. The second kappa shape index (κ2) is 4.56. The molecule has 0 amide bonds. The average Bonchev–Trinajstić information content (AvgIpc) is 2.28. The maximum atomic E-state index is 11.8. The summed E-state index contributed by atoms with van der Waals surface area (Å²) in [6.07, 6.45) is 0.767. The number of fused-ring (bicyclic) bond motifs is 1. The topological polar surface area (TPSA) is 38.3 Å². The lowest BCUT2D eigenvalue weighted by atomic mass is 9.88. The highest BCUT2D eigenvalue weighted by molar-refractivity contribution is 5.76. The molecule has 0 saturated heterocycles. The van der Waals surface area contributed by atoms with Crippen molar-refractivity contribution in [1.82, 2.24) is 0 Å². The second-order valence-corrected chi connectivity index (χ2v) is 4.15. The summed E-state index contributed by atoms with van der Waals surface area (Å²) < 4.78 is 5.09. The summed E-state index contributed by atoms with van der Waals surface area (Å²) in [4.78, 5) is 11.8. The van der Waals surface area contributed by atoms with Crippen molar-refractivity contribution < 1.29 is 9.53 Å². The summed E-state index contributed by atoms with van der Waals surface area (Å²) in [5.41, 5.74) is 2.33. The van der Waals surface area contributed by atoms with Crippen LogP contribution in [0.1, 0.15) is 19.4 Å². The number of carbonyl (C=O) groups is 1. The highest BCUT2D eigenvalue weighted by Crippen LogP contribution is 2.28. The van der Waals surface area contributed by atoms with E-state index in [-0.39, 0.29) is 17.9 Å². The lowest BCUT2D eigenvalue weighted by molar-refractivity contribution is -0.148. The van der Waals surface area contributed by atoms with Gasteiger partial charge >= 0.3 is 5.97 Å². The van der Waals surface area contributed by atoms with Crippen molar-refractivity contribution in [3.63, 3.8) is 0 Å². The van der Waals surface area contributed by atoms with Crippen molar-refractivity contribution in [2.24, 2.45) is 5.92 Å². The van der Waals surface area contributed by atoms with Crippen LogP contribution in [0.25, 0.3) is 0 Å². The van der Waals surface area contributed by atoms with Gasteiger partial charge in [-0.3, -0.25) is 4.79 Å². The standard InChI is InChI=1S/C13H17NO2/c1-3-16-13(15)11-8-10-6-4-5-7-12(10)14-9(11)2/h4-7,9,11,14H,3,8H2,1-2H3/t9-,11-/m1/s1. The van der Waals surface area contributed by atoms with Crippen molar-refractivity contribution in [2.45, 2.75) is 26.3 Å². The molecule has 0 saturated carbocycles. The molecular formula is C13H17NO2. The summed E-state index contributed by atoms with van der Waals surface area (Å²) >= 11 is 0. The minimum absolute atomic E-state index is 0.0742. The van der Waals surface area contributed by atoms with E-state index in [0.717, 1.165) is 12.1 Å². The fourth-order valence-corrected chi connectivity index (χ4v) is 2.14. The van der Waals surface area contributed by atoms with Gasteiger partial charge in [0.15, 0.2) is 0 Å². The molecule has 1 N–H and O–H groups in total. The number of hydrogen-bond donors (Lipinski definition) is 1. The van der Waals surface area contributed by atoms with E-state index in [1.165, 1.54) is 5.56 Å². The summed E-state index contributed by atoms with van der Waals surface area (Å²) in [6, 6.07) is 8.24. The molecule has 3 heteroatoms. The number of nitrogens with one attached hydrogen (secondary N) is 1. The molecule has 2 rings (SSSR count). The molecule has 1 aliphatic rings. The number of esters is 1. The van der Waals surface area contributed by atoms with Crippen LogP contribution in [0, 0.1) is 5.92 Å². The molecule has 0 spiro atoms. The number of para-hydroxylation sites is 1. The van der Waals surface area contributed by atoms with Gasteiger partial charge < -0.3 is 10.1 Å². The van der Waals surface area contributed by atoms with E-state index < -0.39 is 0 Å². The first-order valence-corrected chi connectivity index (χ1v) is 5.73. The Morgan fingerprint density at radius 3 is 3.00 bits per heavy atom. The number of carbonyl (C=O) groups excluding carboxylic acids is 1. The number of anilines is 1. The van der Waals surface area contributed by atoms with Crippen LogP contribution in [-0.2, 0) is 16.0 Å². The van der Waals surface area contributed by atoms with Gasteiger partial charge in [-0.15, -0.1) is 0 Å². The highest BCUT2D eigenvalue weighted by atomic mass is 16.5. The van der Waals surface area contributed by atoms with Crippen molar-refractivity contribution in [1.29, 1.82) is 0 Å². The van der Waals surface area contributed by atoms with Gasteiger partial charge in [-0.05, 0) is 31.9 Å². The maximum Gasteiger partial charge on any atom is 0.311 e. The van der Waals surface area contributed by atoms with Crippen LogP contribution in [0.2, 0.25) is 0 Å². The molecule has 1 aromatic rings. The van der Waals surface area contributed by atoms with Gasteiger partial charge in [0.1, 0.15) is 0 Å². The minimum Gasteiger partial charge on any atom is -0.466 e. The molecule has 86 valence electrons. The molecule has 0 fully saturated rings. The Morgan fingerprint density at radius 1 is 1.50 bits per heavy atom. The minimum atomic E-state index is -0.1000. The van der Waals surface area contributed by atoms with Crippen LogP contribution in [0.3, 0.4) is 0 Å². The quantitative estimate of drug-likeness (QED) is 0.775. The number of benzene rings is 1. The van der Waals surface area contributed by atoms with Crippen molar-refractivity contribution >= 4 is 11.7 Å². The van der Waals surface area contributed by atoms with Gasteiger partial charge in [-0.1, -0.05) is 18.2 Å². The van der Waals surface area contributed by atoms with Gasteiger partial charge in [0.05, 0.1) is 12.5 Å². The zero-order valence-corrected chi connectivity index (χ0v) is 9.69. The van der Waals surface area contributed by atoms with E-state index >= 15 is 0 Å². The Bertz CT molecular complexity index is 389. The van der Waals surface area contributed by atoms with E-state index in [1.807, 2.05) is 32.0 Å². The van der Waals surface area contributed by atoms with E-state index in [1.54, 1.807) is 0 Å². The van der Waals surface area contributed by atoms with Gasteiger partial charge in [0.2, 0.25) is 0 Å². The third-order valence-corrected chi connectivity index (χ3v) is 3.03. The molecular weight excluding hydrogens is 202 g/mol. The van der Waals surface area contributed by atoms with E-state index in [0.29, 0.717) is 6.61 Å². The fraction of sp³-hybridized carbons (Fsp3) is 0.462. The van der Waals surface area contributed by atoms with E-state index in [4.69, 9.17) is 4.74 Å². The summed E-state index contributed by atoms with van der Waals surface area (Å²) in [5.74, 6) is -0.174. The smallest absolute Gasteiger partial charge is 0.311 e. The van der Waals surface area contributed by atoms with Crippen LogP contribution in [0.5, 0.6) is 0 Å². The van der Waals surface area contributed by atoms with Crippen molar-refractivity contribution in [3.05, 3.63) is 29.8 Å². The van der Waals surface area contributed by atoms with E-state index in [2.05, 4.69) is 11.4 Å². The van der Waals surface area contributed by atoms with Crippen LogP contribution >= 0.6 is 0 Å². The summed E-state index contributed by atoms with van der Waals surface area (Å²) in [7, 11) is 0. The van der Waals surface area contributed by atoms with Gasteiger partial charge in [0.25, 0.3) is 0 Å². The van der Waals surface area contributed by atoms with Gasteiger partial charge in [0, 0.05) is 11.7 Å².